The minimum atomic E-state index is -0.276. The molecule has 3 aromatic carbocycles. The summed E-state index contributed by atoms with van der Waals surface area (Å²) in [6.07, 6.45) is 1.58. The maximum absolute atomic E-state index is 12.1. The van der Waals surface area contributed by atoms with Crippen molar-refractivity contribution in [3.05, 3.63) is 99.0 Å². The highest BCUT2D eigenvalue weighted by Crippen LogP contribution is 2.16. The number of hydrogen-bond acceptors (Lipinski definition) is 3. The van der Waals surface area contributed by atoms with Crippen LogP contribution in [0.5, 0.6) is 5.75 Å². The van der Waals surface area contributed by atoms with Crippen molar-refractivity contribution in [1.29, 1.82) is 0 Å². The van der Waals surface area contributed by atoms with E-state index in [0.717, 1.165) is 21.3 Å². The highest BCUT2D eigenvalue weighted by molar-refractivity contribution is 9.10. The second-order valence-corrected chi connectivity index (χ2v) is 6.95. The van der Waals surface area contributed by atoms with Gasteiger partial charge in [0.15, 0.2) is 0 Å². The summed E-state index contributed by atoms with van der Waals surface area (Å²) >= 11 is 9.21. The van der Waals surface area contributed by atoms with Gasteiger partial charge in [-0.05, 0) is 75.6 Å². The van der Waals surface area contributed by atoms with Gasteiger partial charge in [-0.2, -0.15) is 5.10 Å². The van der Waals surface area contributed by atoms with E-state index in [2.05, 4.69) is 26.5 Å². The largest absolute Gasteiger partial charge is 0.489 e. The summed E-state index contributed by atoms with van der Waals surface area (Å²) < 4.78 is 6.46. The number of hydrogen-bond donors (Lipinski definition) is 1. The van der Waals surface area contributed by atoms with Crippen LogP contribution in [0.25, 0.3) is 0 Å². The van der Waals surface area contributed by atoms with Gasteiger partial charge in [-0.1, -0.05) is 35.9 Å². The number of nitrogens with zero attached hydrogens (tertiary/aromatic N) is 1. The topological polar surface area (TPSA) is 50.7 Å². The number of carbonyl (C=O) groups is 1. The summed E-state index contributed by atoms with van der Waals surface area (Å²) in [6.45, 7) is 0.465. The van der Waals surface area contributed by atoms with Crippen LogP contribution in [0.15, 0.2) is 82.4 Å². The molecule has 4 nitrogen and oxygen atoms in total. The molecule has 0 heterocycles. The average Bonchev–Trinajstić information content (AvgIpc) is 2.69. The van der Waals surface area contributed by atoms with Crippen LogP contribution in [0.1, 0.15) is 21.5 Å². The van der Waals surface area contributed by atoms with Gasteiger partial charge in [-0.25, -0.2) is 5.43 Å². The van der Waals surface area contributed by atoms with Crippen molar-refractivity contribution < 1.29 is 9.53 Å². The fourth-order valence-corrected chi connectivity index (χ4v) is 2.86. The van der Waals surface area contributed by atoms with Gasteiger partial charge in [0.05, 0.1) is 11.8 Å². The Morgan fingerprint density at radius 1 is 1.04 bits per heavy atom. The Hall–Kier alpha value is -2.63. The second-order valence-electron chi connectivity index (χ2n) is 5.66. The minimum Gasteiger partial charge on any atom is -0.489 e. The zero-order valence-electron chi connectivity index (χ0n) is 14.2. The fourth-order valence-electron chi connectivity index (χ4n) is 2.27. The van der Waals surface area contributed by atoms with Crippen LogP contribution < -0.4 is 10.2 Å². The first kappa shape index (κ1) is 19.1. The van der Waals surface area contributed by atoms with Gasteiger partial charge in [0, 0.05) is 9.50 Å². The smallest absolute Gasteiger partial charge is 0.272 e. The third-order valence-corrected chi connectivity index (χ3v) is 4.64. The van der Waals surface area contributed by atoms with E-state index in [4.69, 9.17) is 16.3 Å². The molecule has 0 unspecified atom stereocenters. The number of benzene rings is 3. The number of nitrogens with one attached hydrogen (secondary N) is 1. The lowest BCUT2D eigenvalue weighted by molar-refractivity contribution is 0.0954. The van der Waals surface area contributed by atoms with E-state index >= 15 is 0 Å². The molecule has 0 aromatic heterocycles. The van der Waals surface area contributed by atoms with Crippen molar-refractivity contribution in [3.63, 3.8) is 0 Å². The standard InChI is InChI=1S/C21H16BrClN2O2/c22-20-4-2-1-3-19(20)21(26)25-24-13-15-7-11-18(12-8-15)27-14-16-5-9-17(23)10-6-16/h1-13H,14H2,(H,25,26)/b24-13-. The Kier molecular flexibility index (Phi) is 6.63. The van der Waals surface area contributed by atoms with Crippen molar-refractivity contribution in [2.45, 2.75) is 6.61 Å². The summed E-state index contributed by atoms with van der Waals surface area (Å²) in [5.41, 5.74) is 4.93. The average molecular weight is 444 g/mol. The van der Waals surface area contributed by atoms with Crippen LogP contribution in [0, 0.1) is 0 Å². The van der Waals surface area contributed by atoms with Crippen LogP contribution >= 0.6 is 27.5 Å². The van der Waals surface area contributed by atoms with Crippen LogP contribution in [0.3, 0.4) is 0 Å². The van der Waals surface area contributed by atoms with Crippen LogP contribution in [-0.2, 0) is 6.61 Å². The van der Waals surface area contributed by atoms with Gasteiger partial charge in [0.1, 0.15) is 12.4 Å². The van der Waals surface area contributed by atoms with E-state index in [0.29, 0.717) is 17.2 Å². The highest BCUT2D eigenvalue weighted by atomic mass is 79.9. The normalized spacial score (nSPS) is 10.7. The molecule has 3 aromatic rings. The summed E-state index contributed by atoms with van der Waals surface area (Å²) in [5.74, 6) is 0.473. The second kappa shape index (κ2) is 9.35. The third kappa shape index (κ3) is 5.67. The molecule has 0 bridgehead atoms. The number of halogens is 2. The molecule has 0 aliphatic carbocycles. The van der Waals surface area contributed by atoms with Gasteiger partial charge in [0.2, 0.25) is 0 Å². The first-order chi connectivity index (χ1) is 13.1. The summed E-state index contributed by atoms with van der Waals surface area (Å²) in [6, 6.07) is 22.1. The molecule has 0 aliphatic heterocycles. The highest BCUT2D eigenvalue weighted by Gasteiger charge is 2.07. The number of amides is 1. The first-order valence-corrected chi connectivity index (χ1v) is 9.34. The molecule has 3 rings (SSSR count). The van der Waals surface area contributed by atoms with Crippen LogP contribution in [-0.4, -0.2) is 12.1 Å². The van der Waals surface area contributed by atoms with Crippen molar-refractivity contribution in [2.75, 3.05) is 0 Å². The predicted molar refractivity (Wildman–Crippen MR) is 111 cm³/mol. The lowest BCUT2D eigenvalue weighted by Crippen LogP contribution is -2.18. The lowest BCUT2D eigenvalue weighted by Gasteiger charge is -2.06. The molecular weight excluding hydrogens is 428 g/mol. The Morgan fingerprint density at radius 3 is 2.44 bits per heavy atom. The zero-order valence-corrected chi connectivity index (χ0v) is 16.6. The van der Waals surface area contributed by atoms with Crippen molar-refractivity contribution >= 4 is 39.7 Å². The number of hydrazone groups is 1. The third-order valence-electron chi connectivity index (χ3n) is 3.70. The van der Waals surface area contributed by atoms with E-state index < -0.39 is 0 Å². The lowest BCUT2D eigenvalue weighted by atomic mass is 10.2. The maximum atomic E-state index is 12.1. The number of ether oxygens (including phenoxy) is 1. The van der Waals surface area contributed by atoms with Gasteiger partial charge in [-0.15, -0.1) is 0 Å². The number of carbonyl (C=O) groups excluding carboxylic acids is 1. The number of rotatable bonds is 6. The summed E-state index contributed by atoms with van der Waals surface area (Å²) in [5, 5.41) is 4.69. The van der Waals surface area contributed by atoms with Gasteiger partial charge in [0.25, 0.3) is 5.91 Å². The SMILES string of the molecule is O=C(N/N=C\c1ccc(OCc2ccc(Cl)cc2)cc1)c1ccccc1Br. The van der Waals surface area contributed by atoms with E-state index in [-0.39, 0.29) is 5.91 Å². The van der Waals surface area contributed by atoms with Crippen LogP contribution in [0.2, 0.25) is 5.02 Å². The molecule has 0 saturated carbocycles. The molecule has 0 atom stereocenters. The summed E-state index contributed by atoms with van der Waals surface area (Å²) in [7, 11) is 0. The zero-order chi connectivity index (χ0) is 19.1. The molecular formula is C21H16BrClN2O2. The molecule has 136 valence electrons. The molecule has 1 N–H and O–H groups in total. The van der Waals surface area contributed by atoms with Crippen molar-refractivity contribution in [1.82, 2.24) is 5.43 Å². The minimum absolute atomic E-state index is 0.276. The molecule has 1 amide bonds. The Balaban J connectivity index is 1.52. The van der Waals surface area contributed by atoms with Crippen molar-refractivity contribution in [2.24, 2.45) is 5.10 Å². The van der Waals surface area contributed by atoms with Gasteiger partial charge in [-0.3, -0.25) is 4.79 Å². The Morgan fingerprint density at radius 2 is 1.74 bits per heavy atom. The Labute approximate surface area is 171 Å². The molecule has 6 heteroatoms. The van der Waals surface area contributed by atoms with Gasteiger partial charge >= 0.3 is 0 Å². The van der Waals surface area contributed by atoms with Crippen LogP contribution in [0.4, 0.5) is 0 Å². The van der Waals surface area contributed by atoms with E-state index in [1.54, 1.807) is 24.4 Å². The molecule has 27 heavy (non-hydrogen) atoms. The maximum Gasteiger partial charge on any atom is 0.272 e. The van der Waals surface area contributed by atoms with Crippen molar-refractivity contribution in [3.8, 4) is 5.75 Å². The monoisotopic (exact) mass is 442 g/mol. The fraction of sp³-hybridized carbons (Fsp3) is 0.0476. The van der Waals surface area contributed by atoms with E-state index in [1.165, 1.54) is 0 Å². The molecule has 0 radical (unpaired) electrons. The quantitative estimate of drug-likeness (QED) is 0.407. The van der Waals surface area contributed by atoms with E-state index in [1.807, 2.05) is 54.6 Å². The predicted octanol–water partition coefficient (Wildman–Crippen LogP) is 5.45. The van der Waals surface area contributed by atoms with Gasteiger partial charge < -0.3 is 4.74 Å². The first-order valence-electron chi connectivity index (χ1n) is 8.17. The van der Waals surface area contributed by atoms with E-state index in [9.17, 15) is 4.79 Å². The molecule has 0 fully saturated rings. The molecule has 0 saturated heterocycles. The summed E-state index contributed by atoms with van der Waals surface area (Å²) in [4.78, 5) is 12.1. The molecule has 0 spiro atoms. The Bertz CT molecular complexity index is 941. The molecule has 0 aliphatic rings.